The van der Waals surface area contributed by atoms with Gasteiger partial charge in [0.2, 0.25) is 11.8 Å². The van der Waals surface area contributed by atoms with Crippen LogP contribution in [0.4, 0.5) is 5.88 Å². The molecule has 0 aromatic carbocycles. The maximum absolute atomic E-state index is 11.9. The number of hydrogen-bond acceptors (Lipinski definition) is 5. The van der Waals surface area contributed by atoms with Crippen LogP contribution in [0.3, 0.4) is 0 Å². The van der Waals surface area contributed by atoms with Gasteiger partial charge >= 0.3 is 0 Å². The van der Waals surface area contributed by atoms with Crippen LogP contribution in [-0.4, -0.2) is 48.7 Å². The molecule has 6 heteroatoms. The van der Waals surface area contributed by atoms with E-state index in [1.807, 2.05) is 32.7 Å². The average Bonchev–Trinajstić information content (AvgIpc) is 2.61. The molecule has 1 amide bonds. The first kappa shape index (κ1) is 14.0. The largest absolute Gasteiger partial charge is 0.338 e. The summed E-state index contributed by atoms with van der Waals surface area (Å²) in [6, 6.07) is 2.23. The minimum Gasteiger partial charge on any atom is -0.338 e. The van der Waals surface area contributed by atoms with E-state index in [0.29, 0.717) is 18.5 Å². The Morgan fingerprint density at radius 1 is 1.58 bits per heavy atom. The Labute approximate surface area is 113 Å². The van der Waals surface area contributed by atoms with Gasteiger partial charge in [0.25, 0.3) is 0 Å². The minimum absolute atomic E-state index is 0.0778. The van der Waals surface area contributed by atoms with Crippen molar-refractivity contribution in [1.82, 2.24) is 15.4 Å². The molecule has 1 aromatic rings. The molecule has 106 valence electrons. The number of nitrogens with zero attached hydrogens (tertiary/aromatic N) is 2. The van der Waals surface area contributed by atoms with Crippen molar-refractivity contribution in [2.75, 3.05) is 32.0 Å². The van der Waals surface area contributed by atoms with Crippen LogP contribution in [0.1, 0.15) is 26.5 Å². The fourth-order valence-corrected chi connectivity index (χ4v) is 1.81. The van der Waals surface area contributed by atoms with Crippen molar-refractivity contribution in [2.45, 2.75) is 32.2 Å². The van der Waals surface area contributed by atoms with Gasteiger partial charge in [0, 0.05) is 30.6 Å². The summed E-state index contributed by atoms with van der Waals surface area (Å²) >= 11 is 0. The highest BCUT2D eigenvalue weighted by molar-refractivity contribution is 5.91. The van der Waals surface area contributed by atoms with Crippen LogP contribution in [0.25, 0.3) is 0 Å². The summed E-state index contributed by atoms with van der Waals surface area (Å²) in [6.45, 7) is 8.40. The van der Waals surface area contributed by atoms with Gasteiger partial charge < -0.3 is 9.84 Å². The van der Waals surface area contributed by atoms with E-state index in [9.17, 15) is 4.79 Å². The smallest absolute Gasteiger partial charge is 0.240 e. The van der Waals surface area contributed by atoms with Crippen LogP contribution in [0, 0.1) is 0 Å². The predicted octanol–water partition coefficient (Wildman–Crippen LogP) is 0.814. The molecule has 0 aliphatic carbocycles. The van der Waals surface area contributed by atoms with E-state index in [1.165, 1.54) is 0 Å². The molecule has 0 bridgehead atoms. The van der Waals surface area contributed by atoms with Gasteiger partial charge in [-0.15, -0.1) is 0 Å². The van der Waals surface area contributed by atoms with Gasteiger partial charge in [0.15, 0.2) is 0 Å². The number of rotatable bonds is 4. The number of carbonyl (C=O) groups excluding carboxylic acids is 1. The van der Waals surface area contributed by atoms with Gasteiger partial charge in [-0.1, -0.05) is 25.9 Å². The number of anilines is 1. The first-order chi connectivity index (χ1) is 8.86. The quantitative estimate of drug-likeness (QED) is 0.844. The number of amides is 1. The summed E-state index contributed by atoms with van der Waals surface area (Å²) in [5, 5.41) is 9.89. The van der Waals surface area contributed by atoms with E-state index in [-0.39, 0.29) is 11.3 Å². The Kier molecular flexibility index (Phi) is 3.91. The molecule has 1 aliphatic heterocycles. The van der Waals surface area contributed by atoms with Crippen LogP contribution < -0.4 is 10.6 Å². The first-order valence-electron chi connectivity index (χ1n) is 6.54. The first-order valence-corrected chi connectivity index (χ1v) is 6.54. The molecule has 2 N–H and O–H groups in total. The van der Waals surface area contributed by atoms with Gasteiger partial charge in [0.05, 0.1) is 12.2 Å². The molecule has 0 unspecified atom stereocenters. The lowest BCUT2D eigenvalue weighted by Gasteiger charge is -2.35. The van der Waals surface area contributed by atoms with E-state index < -0.39 is 0 Å². The molecular weight excluding hydrogens is 244 g/mol. The molecule has 1 fully saturated rings. The number of hydrogen-bond donors (Lipinski definition) is 2. The number of nitrogens with one attached hydrogen (secondary N) is 2. The van der Waals surface area contributed by atoms with Crippen LogP contribution in [0.15, 0.2) is 10.6 Å². The molecule has 1 aromatic heterocycles. The molecule has 2 rings (SSSR count). The summed E-state index contributed by atoms with van der Waals surface area (Å²) in [5.41, 5.74) is 0.750. The van der Waals surface area contributed by atoms with Gasteiger partial charge in [-0.2, -0.15) is 0 Å². The molecule has 1 saturated heterocycles. The van der Waals surface area contributed by atoms with Gasteiger partial charge in [-0.05, 0) is 7.05 Å². The molecule has 1 aliphatic rings. The Morgan fingerprint density at radius 3 is 2.74 bits per heavy atom. The SMILES string of the molecule is CN(CC(=O)Nc1cc(C(C)(C)C)no1)C1CNC1. The van der Waals surface area contributed by atoms with Crippen molar-refractivity contribution < 1.29 is 9.32 Å². The highest BCUT2D eigenvalue weighted by atomic mass is 16.5. The predicted molar refractivity (Wildman–Crippen MR) is 73.1 cm³/mol. The van der Waals surface area contributed by atoms with E-state index >= 15 is 0 Å². The normalized spacial score (nSPS) is 16.5. The number of carbonyl (C=O) groups is 1. The zero-order valence-corrected chi connectivity index (χ0v) is 12.0. The van der Waals surface area contributed by atoms with E-state index in [1.54, 1.807) is 6.07 Å². The van der Waals surface area contributed by atoms with E-state index in [2.05, 4.69) is 15.8 Å². The van der Waals surface area contributed by atoms with E-state index in [0.717, 1.165) is 18.8 Å². The van der Waals surface area contributed by atoms with Crippen molar-refractivity contribution in [3.63, 3.8) is 0 Å². The summed E-state index contributed by atoms with van der Waals surface area (Å²) in [4.78, 5) is 13.9. The maximum Gasteiger partial charge on any atom is 0.240 e. The summed E-state index contributed by atoms with van der Waals surface area (Å²) < 4.78 is 5.13. The van der Waals surface area contributed by atoms with Gasteiger partial charge in [-0.25, -0.2) is 0 Å². The second kappa shape index (κ2) is 5.30. The van der Waals surface area contributed by atoms with Crippen LogP contribution in [0.2, 0.25) is 0 Å². The fourth-order valence-electron chi connectivity index (χ4n) is 1.81. The highest BCUT2D eigenvalue weighted by Gasteiger charge is 2.24. The van der Waals surface area contributed by atoms with Crippen molar-refractivity contribution in [3.05, 3.63) is 11.8 Å². The van der Waals surface area contributed by atoms with Crippen LogP contribution in [0.5, 0.6) is 0 Å². The lowest BCUT2D eigenvalue weighted by molar-refractivity contribution is -0.117. The Hall–Kier alpha value is -1.40. The van der Waals surface area contributed by atoms with Crippen molar-refractivity contribution in [2.24, 2.45) is 0 Å². The molecule has 0 radical (unpaired) electrons. The standard InChI is InChI=1S/C13H22N4O2/c1-13(2,3)10-5-12(19-16-10)15-11(18)8-17(4)9-6-14-7-9/h5,9,14H,6-8H2,1-4H3,(H,15,18). The zero-order chi connectivity index (χ0) is 14.0. The fraction of sp³-hybridized carbons (Fsp3) is 0.692. The molecule has 2 heterocycles. The molecule has 0 spiro atoms. The molecule has 6 nitrogen and oxygen atoms in total. The Balaban J connectivity index is 1.86. The van der Waals surface area contributed by atoms with Gasteiger partial charge in [-0.3, -0.25) is 15.0 Å². The molecule has 19 heavy (non-hydrogen) atoms. The lowest BCUT2D eigenvalue weighted by atomic mass is 9.92. The maximum atomic E-state index is 11.9. The van der Waals surface area contributed by atoms with Crippen molar-refractivity contribution in [3.8, 4) is 0 Å². The Morgan fingerprint density at radius 2 is 2.26 bits per heavy atom. The lowest BCUT2D eigenvalue weighted by Crippen LogP contribution is -2.57. The number of aromatic nitrogens is 1. The summed E-state index contributed by atoms with van der Waals surface area (Å²) in [5.74, 6) is 0.334. The van der Waals surface area contributed by atoms with Crippen molar-refractivity contribution >= 4 is 11.8 Å². The third-order valence-electron chi connectivity index (χ3n) is 3.32. The monoisotopic (exact) mass is 266 g/mol. The molecular formula is C13H22N4O2. The second-order valence-electron chi connectivity index (χ2n) is 6.10. The highest BCUT2D eigenvalue weighted by Crippen LogP contribution is 2.23. The summed E-state index contributed by atoms with van der Waals surface area (Å²) in [7, 11) is 1.95. The molecule has 0 atom stereocenters. The van der Waals surface area contributed by atoms with Crippen molar-refractivity contribution in [1.29, 1.82) is 0 Å². The topological polar surface area (TPSA) is 70.4 Å². The molecule has 0 saturated carbocycles. The van der Waals surface area contributed by atoms with Crippen LogP contribution >= 0.6 is 0 Å². The average molecular weight is 266 g/mol. The van der Waals surface area contributed by atoms with E-state index in [4.69, 9.17) is 4.52 Å². The third-order valence-corrected chi connectivity index (χ3v) is 3.32. The Bertz CT molecular complexity index is 446. The summed E-state index contributed by atoms with van der Waals surface area (Å²) in [6.07, 6.45) is 0. The minimum atomic E-state index is -0.0825. The number of likely N-dealkylation sites (N-methyl/N-ethyl adjacent to an activating group) is 1. The van der Waals surface area contributed by atoms with Crippen LogP contribution in [-0.2, 0) is 10.2 Å². The van der Waals surface area contributed by atoms with Gasteiger partial charge in [0.1, 0.15) is 0 Å². The third kappa shape index (κ3) is 3.54. The second-order valence-corrected chi connectivity index (χ2v) is 6.10. The zero-order valence-electron chi connectivity index (χ0n) is 12.0.